The molecule has 2 heterocycles. The lowest BCUT2D eigenvalue weighted by Crippen LogP contribution is -2.27. The van der Waals surface area contributed by atoms with E-state index in [4.69, 9.17) is 18.9 Å². The SMILES string of the molecule is COCCOc1cccc(C(=O)Cc2cc(Oc3ccc4nc(NC(=O)OC(C)(C)C)cn4n3)ccc2C)c1. The molecular formula is C29H32N4O6. The standard InChI is InChI=1S/C29H32N4O6/c1-19-9-10-23(16-21(19)17-24(34)20-7-6-8-22(15-20)37-14-13-36-5)38-27-12-11-26-30-25(18-33(26)32-27)31-28(35)39-29(2,3)4/h6-12,15-16,18H,13-14,17H2,1-5H3,(H,31,35). The Bertz CT molecular complexity index is 1470. The maximum Gasteiger partial charge on any atom is 0.413 e. The molecule has 39 heavy (non-hydrogen) atoms. The molecule has 10 nitrogen and oxygen atoms in total. The van der Waals surface area contributed by atoms with Gasteiger partial charge < -0.3 is 18.9 Å². The molecular weight excluding hydrogens is 500 g/mol. The number of fused-ring (bicyclic) bond motifs is 1. The molecule has 0 bridgehead atoms. The number of hydrogen-bond donors (Lipinski definition) is 1. The fraction of sp³-hybridized carbons (Fsp3) is 0.310. The lowest BCUT2D eigenvalue weighted by molar-refractivity contribution is 0.0635. The third-order valence-corrected chi connectivity index (χ3v) is 5.53. The summed E-state index contributed by atoms with van der Waals surface area (Å²) < 4.78 is 23.4. The molecule has 0 radical (unpaired) electrons. The van der Waals surface area contributed by atoms with E-state index in [9.17, 15) is 9.59 Å². The van der Waals surface area contributed by atoms with E-state index in [-0.39, 0.29) is 12.2 Å². The van der Waals surface area contributed by atoms with Gasteiger partial charge in [-0.05, 0) is 69.2 Å². The van der Waals surface area contributed by atoms with Crippen LogP contribution in [-0.4, -0.2) is 52.4 Å². The quantitative estimate of drug-likeness (QED) is 0.207. The van der Waals surface area contributed by atoms with Crippen molar-refractivity contribution in [3.05, 3.63) is 77.5 Å². The molecule has 0 saturated carbocycles. The summed E-state index contributed by atoms with van der Waals surface area (Å²) in [4.78, 5) is 29.4. The number of Topliss-reactive ketones (excluding diaryl/α,β-unsaturated/α-hetero) is 1. The number of nitrogens with zero attached hydrogens (tertiary/aromatic N) is 3. The van der Waals surface area contributed by atoms with Gasteiger partial charge in [-0.2, -0.15) is 0 Å². The van der Waals surface area contributed by atoms with Gasteiger partial charge in [-0.15, -0.1) is 5.10 Å². The van der Waals surface area contributed by atoms with Gasteiger partial charge in [0.2, 0.25) is 5.88 Å². The highest BCUT2D eigenvalue weighted by Crippen LogP contribution is 2.25. The maximum absolute atomic E-state index is 13.0. The number of ketones is 1. The number of imidazole rings is 1. The van der Waals surface area contributed by atoms with E-state index in [2.05, 4.69) is 15.4 Å². The lowest BCUT2D eigenvalue weighted by atomic mass is 9.99. The van der Waals surface area contributed by atoms with Gasteiger partial charge in [-0.1, -0.05) is 18.2 Å². The topological polar surface area (TPSA) is 113 Å². The van der Waals surface area contributed by atoms with Crippen LogP contribution in [0.15, 0.2) is 60.8 Å². The van der Waals surface area contributed by atoms with Crippen LogP contribution in [0.4, 0.5) is 10.6 Å². The van der Waals surface area contributed by atoms with Crippen molar-refractivity contribution in [1.29, 1.82) is 0 Å². The van der Waals surface area contributed by atoms with Crippen molar-refractivity contribution in [2.75, 3.05) is 25.6 Å². The van der Waals surface area contributed by atoms with Crippen molar-refractivity contribution >= 4 is 23.3 Å². The average Bonchev–Trinajstić information content (AvgIpc) is 3.26. The van der Waals surface area contributed by atoms with Gasteiger partial charge in [0, 0.05) is 25.2 Å². The number of amides is 1. The Morgan fingerprint density at radius 3 is 2.59 bits per heavy atom. The molecule has 10 heteroatoms. The minimum atomic E-state index is -0.622. The summed E-state index contributed by atoms with van der Waals surface area (Å²) in [6.07, 6.45) is 1.17. The third-order valence-electron chi connectivity index (χ3n) is 5.53. The summed E-state index contributed by atoms with van der Waals surface area (Å²) in [7, 11) is 1.61. The predicted octanol–water partition coefficient (Wildman–Crippen LogP) is 5.63. The summed E-state index contributed by atoms with van der Waals surface area (Å²) in [5, 5.41) is 7.02. The highest BCUT2D eigenvalue weighted by atomic mass is 16.6. The van der Waals surface area contributed by atoms with Gasteiger partial charge in [-0.25, -0.2) is 14.3 Å². The maximum atomic E-state index is 13.0. The predicted molar refractivity (Wildman–Crippen MR) is 146 cm³/mol. The van der Waals surface area contributed by atoms with Crippen LogP contribution >= 0.6 is 0 Å². The van der Waals surface area contributed by atoms with E-state index in [0.717, 1.165) is 11.1 Å². The molecule has 204 valence electrons. The zero-order valence-electron chi connectivity index (χ0n) is 22.7. The zero-order valence-corrected chi connectivity index (χ0v) is 22.7. The number of hydrogen-bond acceptors (Lipinski definition) is 8. The molecule has 0 aliphatic rings. The Hall–Kier alpha value is -4.44. The van der Waals surface area contributed by atoms with Crippen LogP contribution in [-0.2, 0) is 15.9 Å². The van der Waals surface area contributed by atoms with Crippen LogP contribution in [0.3, 0.4) is 0 Å². The first-order valence-corrected chi connectivity index (χ1v) is 12.5. The first-order chi connectivity index (χ1) is 18.6. The van der Waals surface area contributed by atoms with Crippen molar-refractivity contribution in [1.82, 2.24) is 14.6 Å². The fourth-order valence-electron chi connectivity index (χ4n) is 3.69. The Labute approximate surface area is 226 Å². The molecule has 0 spiro atoms. The summed E-state index contributed by atoms with van der Waals surface area (Å²) in [5.41, 5.74) is 2.29. The summed E-state index contributed by atoms with van der Waals surface area (Å²) in [6.45, 7) is 8.18. The second-order valence-electron chi connectivity index (χ2n) is 9.89. The van der Waals surface area contributed by atoms with Crippen LogP contribution in [0.2, 0.25) is 0 Å². The number of methoxy groups -OCH3 is 1. The Balaban J connectivity index is 1.44. The van der Waals surface area contributed by atoms with Crippen LogP contribution in [0.25, 0.3) is 5.65 Å². The van der Waals surface area contributed by atoms with E-state index >= 15 is 0 Å². The number of aryl methyl sites for hydroxylation is 1. The number of aromatic nitrogens is 3. The number of carbonyl (C=O) groups excluding carboxylic acids is 2. The van der Waals surface area contributed by atoms with Crippen LogP contribution < -0.4 is 14.8 Å². The smallest absolute Gasteiger partial charge is 0.413 e. The lowest BCUT2D eigenvalue weighted by Gasteiger charge is -2.18. The monoisotopic (exact) mass is 532 g/mol. The van der Waals surface area contributed by atoms with E-state index in [1.54, 1.807) is 64.4 Å². The molecule has 2 aromatic heterocycles. The first-order valence-electron chi connectivity index (χ1n) is 12.5. The second kappa shape index (κ2) is 12.0. The molecule has 0 unspecified atom stereocenters. The van der Waals surface area contributed by atoms with Crippen molar-refractivity contribution in [2.24, 2.45) is 0 Å². The molecule has 0 saturated heterocycles. The largest absolute Gasteiger partial charge is 0.491 e. The van der Waals surface area contributed by atoms with Gasteiger partial charge in [0.05, 0.1) is 12.8 Å². The number of anilines is 1. The van der Waals surface area contributed by atoms with Crippen LogP contribution in [0, 0.1) is 6.92 Å². The van der Waals surface area contributed by atoms with Crippen molar-refractivity contribution in [3.8, 4) is 17.4 Å². The molecule has 4 aromatic rings. The molecule has 0 atom stereocenters. The average molecular weight is 533 g/mol. The summed E-state index contributed by atoms with van der Waals surface area (Å²) >= 11 is 0. The third kappa shape index (κ3) is 7.78. The summed E-state index contributed by atoms with van der Waals surface area (Å²) in [5.74, 6) is 1.76. The van der Waals surface area contributed by atoms with Crippen molar-refractivity contribution < 1.29 is 28.5 Å². The normalized spacial score (nSPS) is 11.3. The van der Waals surface area contributed by atoms with Crippen molar-refractivity contribution in [3.63, 3.8) is 0 Å². The fourth-order valence-corrected chi connectivity index (χ4v) is 3.69. The minimum absolute atomic E-state index is 0.0320. The number of rotatable bonds is 10. The molecule has 0 aliphatic heterocycles. The molecule has 4 rings (SSSR count). The van der Waals surface area contributed by atoms with Crippen LogP contribution in [0.5, 0.6) is 17.4 Å². The van der Waals surface area contributed by atoms with Gasteiger partial charge in [0.15, 0.2) is 17.2 Å². The Morgan fingerprint density at radius 1 is 1.00 bits per heavy atom. The Kier molecular flexibility index (Phi) is 8.46. The van der Waals surface area contributed by atoms with Gasteiger partial charge in [-0.3, -0.25) is 10.1 Å². The highest BCUT2D eigenvalue weighted by molar-refractivity contribution is 5.98. The molecule has 0 fully saturated rings. The molecule has 0 aliphatic carbocycles. The molecule has 1 amide bonds. The summed E-state index contributed by atoms with van der Waals surface area (Å²) in [6, 6.07) is 16.1. The number of carbonyl (C=O) groups is 2. The Morgan fingerprint density at radius 2 is 1.82 bits per heavy atom. The van der Waals surface area contributed by atoms with Gasteiger partial charge in [0.1, 0.15) is 23.7 Å². The first kappa shape index (κ1) is 27.6. The number of nitrogens with one attached hydrogen (secondary N) is 1. The van der Waals surface area contributed by atoms with E-state index in [1.807, 2.05) is 31.2 Å². The zero-order chi connectivity index (χ0) is 28.0. The van der Waals surface area contributed by atoms with Crippen molar-refractivity contribution in [2.45, 2.75) is 39.7 Å². The number of ether oxygens (including phenoxy) is 4. The van der Waals surface area contributed by atoms with Crippen LogP contribution in [0.1, 0.15) is 42.3 Å². The van der Waals surface area contributed by atoms with Gasteiger partial charge >= 0.3 is 6.09 Å². The molecule has 2 aromatic carbocycles. The van der Waals surface area contributed by atoms with E-state index in [0.29, 0.717) is 47.6 Å². The molecule has 1 N–H and O–H groups in total. The highest BCUT2D eigenvalue weighted by Gasteiger charge is 2.17. The van der Waals surface area contributed by atoms with E-state index < -0.39 is 11.7 Å². The minimum Gasteiger partial charge on any atom is -0.491 e. The number of benzene rings is 2. The van der Waals surface area contributed by atoms with E-state index in [1.165, 1.54) is 4.52 Å². The van der Waals surface area contributed by atoms with Gasteiger partial charge in [0.25, 0.3) is 0 Å². The second-order valence-corrected chi connectivity index (χ2v) is 9.89.